The van der Waals surface area contributed by atoms with E-state index in [4.69, 9.17) is 9.47 Å². The van der Waals surface area contributed by atoms with Crippen LogP contribution in [0.25, 0.3) is 0 Å². The van der Waals surface area contributed by atoms with Crippen molar-refractivity contribution < 1.29 is 14.3 Å². The number of carbonyl (C=O) groups is 1. The second-order valence-electron chi connectivity index (χ2n) is 6.92. The van der Waals surface area contributed by atoms with Crippen molar-refractivity contribution in [2.45, 2.75) is 58.3 Å². The molecule has 2 rings (SSSR count). The molecule has 2 saturated heterocycles. The lowest BCUT2D eigenvalue weighted by Crippen LogP contribution is -2.56. The van der Waals surface area contributed by atoms with Gasteiger partial charge in [0, 0.05) is 38.8 Å². The maximum absolute atomic E-state index is 12.1. The largest absolute Gasteiger partial charge is 0.444 e. The molecule has 0 aromatic heterocycles. The van der Waals surface area contributed by atoms with E-state index in [-0.39, 0.29) is 12.1 Å². The summed E-state index contributed by atoms with van der Waals surface area (Å²) in [6.07, 6.45) is 2.54. The first-order chi connectivity index (χ1) is 9.35. The van der Waals surface area contributed by atoms with Gasteiger partial charge < -0.3 is 14.4 Å². The average Bonchev–Trinajstić information content (AvgIpc) is 2.79. The van der Waals surface area contributed by atoms with Crippen LogP contribution in [0, 0.1) is 0 Å². The van der Waals surface area contributed by atoms with E-state index in [9.17, 15) is 4.79 Å². The molecule has 0 saturated carbocycles. The second kappa shape index (κ2) is 6.31. The number of hydrogen-bond acceptors (Lipinski definition) is 4. The lowest BCUT2D eigenvalue weighted by atomic mass is 10.1. The van der Waals surface area contributed by atoms with Crippen LogP contribution < -0.4 is 0 Å². The highest BCUT2D eigenvalue weighted by atomic mass is 16.6. The summed E-state index contributed by atoms with van der Waals surface area (Å²) in [6, 6.07) is 0.194. The molecule has 0 aromatic rings. The molecule has 0 spiro atoms. The van der Waals surface area contributed by atoms with Crippen LogP contribution in [0.5, 0.6) is 0 Å². The quantitative estimate of drug-likeness (QED) is 0.779. The van der Waals surface area contributed by atoms with E-state index in [1.165, 1.54) is 12.8 Å². The van der Waals surface area contributed by atoms with E-state index in [0.29, 0.717) is 6.10 Å². The molecule has 0 aromatic carbocycles. The molecule has 0 bridgehead atoms. The first-order valence-electron chi connectivity index (χ1n) is 7.69. The Morgan fingerprint density at radius 2 is 2.10 bits per heavy atom. The van der Waals surface area contributed by atoms with Gasteiger partial charge in [-0.2, -0.15) is 0 Å². The molecule has 1 amide bonds. The van der Waals surface area contributed by atoms with E-state index < -0.39 is 5.60 Å². The van der Waals surface area contributed by atoms with Gasteiger partial charge in [0.25, 0.3) is 0 Å². The molecule has 2 fully saturated rings. The zero-order valence-electron chi connectivity index (χ0n) is 13.2. The third kappa shape index (κ3) is 4.35. The van der Waals surface area contributed by atoms with E-state index in [1.54, 1.807) is 0 Å². The number of ether oxygens (including phenoxy) is 2. The molecule has 0 N–H and O–H groups in total. The van der Waals surface area contributed by atoms with Crippen LogP contribution in [0.1, 0.15) is 40.5 Å². The Morgan fingerprint density at radius 3 is 2.65 bits per heavy atom. The first kappa shape index (κ1) is 15.6. The Morgan fingerprint density at radius 1 is 1.35 bits per heavy atom. The minimum Gasteiger partial charge on any atom is -0.444 e. The third-order valence-corrected chi connectivity index (χ3v) is 3.83. The molecule has 0 radical (unpaired) electrons. The summed E-state index contributed by atoms with van der Waals surface area (Å²) < 4.78 is 11.1. The number of amides is 1. The van der Waals surface area contributed by atoms with Gasteiger partial charge >= 0.3 is 6.09 Å². The van der Waals surface area contributed by atoms with Crippen LogP contribution >= 0.6 is 0 Å². The Kier molecular flexibility index (Phi) is 4.91. The fraction of sp³-hybridized carbons (Fsp3) is 0.933. The Hall–Kier alpha value is -0.810. The number of carbonyl (C=O) groups excluding carboxylic acids is 1. The molecule has 20 heavy (non-hydrogen) atoms. The van der Waals surface area contributed by atoms with Gasteiger partial charge in [-0.3, -0.25) is 4.90 Å². The van der Waals surface area contributed by atoms with E-state index in [1.807, 2.05) is 25.7 Å². The fourth-order valence-corrected chi connectivity index (χ4v) is 2.87. The molecule has 5 nitrogen and oxygen atoms in total. The number of hydrogen-bond donors (Lipinski definition) is 0. The van der Waals surface area contributed by atoms with Crippen LogP contribution in [0.3, 0.4) is 0 Å². The van der Waals surface area contributed by atoms with Crippen LogP contribution in [0.15, 0.2) is 0 Å². The van der Waals surface area contributed by atoms with Crippen molar-refractivity contribution in [2.75, 3.05) is 32.8 Å². The lowest BCUT2D eigenvalue weighted by molar-refractivity contribution is -0.00624. The highest BCUT2D eigenvalue weighted by Gasteiger charge is 2.31. The molecule has 0 unspecified atom stereocenters. The van der Waals surface area contributed by atoms with Crippen LogP contribution in [0.2, 0.25) is 0 Å². The standard InChI is InChI=1S/C15H28N2O3/c1-12-10-16(11-13-6-5-9-19-13)7-8-17(12)14(18)20-15(2,3)4/h12-13H,5-11H2,1-4H3/t12-,13+/m0/s1. The molecule has 2 atom stereocenters. The van der Waals surface area contributed by atoms with Crippen LogP contribution in [-0.4, -0.2) is 66.4 Å². The summed E-state index contributed by atoms with van der Waals surface area (Å²) in [7, 11) is 0. The lowest BCUT2D eigenvalue weighted by Gasteiger charge is -2.40. The molecular formula is C15H28N2O3. The van der Waals surface area contributed by atoms with Gasteiger partial charge in [-0.15, -0.1) is 0 Å². The highest BCUT2D eigenvalue weighted by molar-refractivity contribution is 5.68. The summed E-state index contributed by atoms with van der Waals surface area (Å²) >= 11 is 0. The van der Waals surface area contributed by atoms with Gasteiger partial charge in [-0.25, -0.2) is 4.79 Å². The molecule has 116 valence electrons. The first-order valence-corrected chi connectivity index (χ1v) is 7.69. The molecular weight excluding hydrogens is 256 g/mol. The Labute approximate surface area is 122 Å². The smallest absolute Gasteiger partial charge is 0.410 e. The van der Waals surface area contributed by atoms with Crippen molar-refractivity contribution in [1.82, 2.24) is 9.80 Å². The molecule has 2 aliphatic heterocycles. The normalized spacial score (nSPS) is 28.7. The fourth-order valence-electron chi connectivity index (χ4n) is 2.87. The Balaban J connectivity index is 1.80. The number of rotatable bonds is 2. The number of piperazine rings is 1. The van der Waals surface area contributed by atoms with Gasteiger partial charge in [-0.1, -0.05) is 0 Å². The predicted octanol–water partition coefficient (Wildman–Crippen LogP) is 2.11. The molecule has 2 aliphatic rings. The van der Waals surface area contributed by atoms with Crippen molar-refractivity contribution in [1.29, 1.82) is 0 Å². The maximum atomic E-state index is 12.1. The Bertz CT molecular complexity index is 335. The summed E-state index contributed by atoms with van der Waals surface area (Å²) in [5.41, 5.74) is -0.425. The van der Waals surface area contributed by atoms with Crippen LogP contribution in [0.4, 0.5) is 4.79 Å². The topological polar surface area (TPSA) is 42.0 Å². The van der Waals surface area contributed by atoms with Gasteiger partial charge in [0.05, 0.1) is 6.10 Å². The van der Waals surface area contributed by atoms with Crippen molar-refractivity contribution in [3.63, 3.8) is 0 Å². The van der Waals surface area contributed by atoms with Gasteiger partial charge in [0.1, 0.15) is 5.60 Å². The van der Waals surface area contributed by atoms with Gasteiger partial charge in [0.2, 0.25) is 0 Å². The third-order valence-electron chi connectivity index (χ3n) is 3.83. The average molecular weight is 284 g/mol. The second-order valence-corrected chi connectivity index (χ2v) is 6.92. The molecule has 0 aliphatic carbocycles. The summed E-state index contributed by atoms with van der Waals surface area (Å²) in [6.45, 7) is 12.2. The van der Waals surface area contributed by atoms with Gasteiger partial charge in [0.15, 0.2) is 0 Å². The zero-order chi connectivity index (χ0) is 14.8. The summed E-state index contributed by atoms with van der Waals surface area (Å²) in [5.74, 6) is 0. The van der Waals surface area contributed by atoms with Crippen molar-refractivity contribution >= 4 is 6.09 Å². The van der Waals surface area contributed by atoms with Crippen molar-refractivity contribution in [3.05, 3.63) is 0 Å². The van der Waals surface area contributed by atoms with E-state index in [2.05, 4.69) is 11.8 Å². The molecule has 5 heteroatoms. The summed E-state index contributed by atoms with van der Waals surface area (Å²) in [4.78, 5) is 16.4. The number of nitrogens with zero attached hydrogens (tertiary/aromatic N) is 2. The highest BCUT2D eigenvalue weighted by Crippen LogP contribution is 2.18. The van der Waals surface area contributed by atoms with Gasteiger partial charge in [-0.05, 0) is 40.5 Å². The predicted molar refractivity (Wildman–Crippen MR) is 77.8 cm³/mol. The maximum Gasteiger partial charge on any atom is 0.410 e. The van der Waals surface area contributed by atoms with Crippen molar-refractivity contribution in [2.24, 2.45) is 0 Å². The minimum absolute atomic E-state index is 0.193. The zero-order valence-corrected chi connectivity index (χ0v) is 13.2. The van der Waals surface area contributed by atoms with Crippen LogP contribution in [-0.2, 0) is 9.47 Å². The monoisotopic (exact) mass is 284 g/mol. The van der Waals surface area contributed by atoms with E-state index >= 15 is 0 Å². The molecule has 2 heterocycles. The van der Waals surface area contributed by atoms with E-state index in [0.717, 1.165) is 32.8 Å². The summed E-state index contributed by atoms with van der Waals surface area (Å²) in [5, 5.41) is 0. The SMILES string of the molecule is C[C@H]1CN(C[C@H]2CCCO2)CCN1C(=O)OC(C)(C)C. The van der Waals surface area contributed by atoms with Crippen molar-refractivity contribution in [3.8, 4) is 0 Å². The minimum atomic E-state index is -0.425.